The van der Waals surface area contributed by atoms with E-state index in [1.54, 1.807) is 27.9 Å². The standard InChI is InChI=1S/2C21H29N7O4S/c2*1-5-12-33(23,31)19-24-17(22)16-18(25-19)27(13-15-8-6-14(2)7-9-15)21(30)28(16)20(29)26(3)10-11-32-4/h2*6-9,23H,5,10-13H2,1-4H3,(H2,22,24,25)/t2*33-/m10/s1. The Morgan fingerprint density at radius 2 is 0.970 bits per heavy atom. The SMILES string of the molecule is CCC[S@@](=N)(=O)c1nc(N)c2c(n1)n(Cc1ccc(C)cc1)c(=O)n2C(=O)N(C)CCOC.CCC[S@](=N)(=O)c1nc(N)c2c(n1)n(Cc1ccc(C)cc1)c(=O)n2C(=O)N(C)CCOC. The predicted octanol–water partition coefficient (Wildman–Crippen LogP) is 3.79. The first kappa shape index (κ1) is 50.5. The highest BCUT2D eigenvalue weighted by atomic mass is 32.2. The van der Waals surface area contributed by atoms with E-state index in [0.29, 0.717) is 12.8 Å². The molecule has 0 saturated carbocycles. The summed E-state index contributed by atoms with van der Waals surface area (Å²) in [6.07, 6.45) is 0.979. The molecule has 0 saturated heterocycles. The zero-order valence-electron chi connectivity index (χ0n) is 38.4. The van der Waals surface area contributed by atoms with E-state index < -0.39 is 42.9 Å². The number of rotatable bonds is 16. The second-order valence-electron chi connectivity index (χ2n) is 15.7. The summed E-state index contributed by atoms with van der Waals surface area (Å²) in [6, 6.07) is 13.9. The Morgan fingerprint density at radius 1 is 0.636 bits per heavy atom. The minimum atomic E-state index is -3.31. The number of carbonyl (C=O) groups is 2. The molecule has 6 N–H and O–H groups in total. The Bertz CT molecular complexity index is 2860. The van der Waals surface area contributed by atoms with Gasteiger partial charge in [-0.25, -0.2) is 56.3 Å². The molecule has 0 radical (unpaired) electrons. The third-order valence-corrected chi connectivity index (χ3v) is 13.9. The van der Waals surface area contributed by atoms with E-state index in [4.69, 9.17) is 30.5 Å². The smallest absolute Gasteiger partial charge is 0.339 e. The van der Waals surface area contributed by atoms with Crippen LogP contribution in [-0.4, -0.2) is 135 Å². The van der Waals surface area contributed by atoms with Crippen molar-refractivity contribution in [3.8, 4) is 0 Å². The third kappa shape index (κ3) is 10.9. The molecule has 6 aromatic rings. The normalized spacial score (nSPS) is 13.2. The highest BCUT2D eigenvalue weighted by Crippen LogP contribution is 2.24. The van der Waals surface area contributed by atoms with Crippen LogP contribution < -0.4 is 22.8 Å². The summed E-state index contributed by atoms with van der Waals surface area (Å²) in [5.41, 5.74) is 14.9. The second kappa shape index (κ2) is 21.2. The highest BCUT2D eigenvalue weighted by Gasteiger charge is 2.29. The first-order valence-corrected chi connectivity index (χ1v) is 24.4. The molecule has 2 atom stereocenters. The summed E-state index contributed by atoms with van der Waals surface area (Å²) in [5, 5.41) is -0.492. The Balaban J connectivity index is 0.000000247. The van der Waals surface area contributed by atoms with Crippen LogP contribution in [0.3, 0.4) is 0 Å². The van der Waals surface area contributed by atoms with Gasteiger partial charge >= 0.3 is 23.4 Å². The number of nitrogens with one attached hydrogen (secondary N) is 2. The van der Waals surface area contributed by atoms with Crippen LogP contribution in [-0.2, 0) is 42.0 Å². The van der Waals surface area contributed by atoms with Gasteiger partial charge in [0.15, 0.2) is 22.9 Å². The molecule has 2 aromatic carbocycles. The number of nitrogens with two attached hydrogens (primary N) is 2. The number of fused-ring (bicyclic) bond motifs is 2. The van der Waals surface area contributed by atoms with Crippen molar-refractivity contribution in [2.24, 2.45) is 0 Å². The fourth-order valence-electron chi connectivity index (χ4n) is 6.73. The molecule has 4 aromatic heterocycles. The molecule has 0 bridgehead atoms. The molecule has 0 aliphatic heterocycles. The molecule has 0 aliphatic carbocycles. The summed E-state index contributed by atoms with van der Waals surface area (Å²) in [4.78, 5) is 72.6. The van der Waals surface area contributed by atoms with Crippen LogP contribution in [0.4, 0.5) is 21.2 Å². The minimum absolute atomic E-state index is 0.0248. The number of likely N-dealkylation sites (N-methyl/N-ethyl adjacent to an activating group) is 2. The van der Waals surface area contributed by atoms with Gasteiger partial charge in [-0.05, 0) is 37.8 Å². The summed E-state index contributed by atoms with van der Waals surface area (Å²) >= 11 is 0. The number of hydrogen-bond donors (Lipinski definition) is 4. The number of aryl methyl sites for hydroxylation is 2. The van der Waals surface area contributed by atoms with Crippen LogP contribution in [0, 0.1) is 23.4 Å². The number of hydrogen-bond acceptors (Lipinski definition) is 16. The molecule has 22 nitrogen and oxygen atoms in total. The average Bonchev–Trinajstić information content (AvgIpc) is 3.72. The number of anilines is 2. The number of imidazole rings is 2. The van der Waals surface area contributed by atoms with Crippen molar-refractivity contribution in [2.75, 3.05) is 77.6 Å². The number of aromatic nitrogens is 8. The fraction of sp³-hybridized carbons (Fsp3) is 0.429. The molecule has 24 heteroatoms. The molecular formula is C42H58N14O8S2. The Labute approximate surface area is 382 Å². The topological polar surface area (TPSA) is 298 Å². The van der Waals surface area contributed by atoms with Crippen LogP contribution in [0.25, 0.3) is 22.3 Å². The number of benzene rings is 2. The lowest BCUT2D eigenvalue weighted by molar-refractivity contribution is 0.160. The van der Waals surface area contributed by atoms with Gasteiger partial charge in [0.2, 0.25) is 10.3 Å². The van der Waals surface area contributed by atoms with Gasteiger partial charge in [0.25, 0.3) is 0 Å². The third-order valence-electron chi connectivity index (χ3n) is 10.3. The van der Waals surface area contributed by atoms with E-state index in [0.717, 1.165) is 31.4 Å². The molecule has 4 heterocycles. The minimum Gasteiger partial charge on any atom is -0.383 e. The van der Waals surface area contributed by atoms with Crippen LogP contribution in [0.5, 0.6) is 0 Å². The van der Waals surface area contributed by atoms with E-state index in [9.17, 15) is 27.6 Å². The van der Waals surface area contributed by atoms with Crippen LogP contribution in [0.2, 0.25) is 0 Å². The van der Waals surface area contributed by atoms with Crippen molar-refractivity contribution in [3.05, 3.63) is 91.8 Å². The van der Waals surface area contributed by atoms with Crippen molar-refractivity contribution in [2.45, 2.75) is 63.9 Å². The van der Waals surface area contributed by atoms with Gasteiger partial charge in [-0.3, -0.25) is 9.13 Å². The van der Waals surface area contributed by atoms with Crippen molar-refractivity contribution >= 4 is 65.5 Å². The maximum atomic E-state index is 13.4. The number of nitrogens with zero attached hydrogens (tertiary/aromatic N) is 10. The lowest BCUT2D eigenvalue weighted by Gasteiger charge is -2.16. The Kier molecular flexibility index (Phi) is 16.2. The zero-order chi connectivity index (χ0) is 48.7. The summed E-state index contributed by atoms with van der Waals surface area (Å²) in [6.45, 7) is 8.80. The molecule has 356 valence electrons. The molecular weight excluding hydrogens is 893 g/mol. The van der Waals surface area contributed by atoms with E-state index in [2.05, 4.69) is 19.9 Å². The van der Waals surface area contributed by atoms with Gasteiger partial charge in [0, 0.05) is 52.9 Å². The summed E-state index contributed by atoms with van der Waals surface area (Å²) in [7, 11) is -0.509. The quantitative estimate of drug-likeness (QED) is 0.100. The molecule has 0 unspecified atom stereocenters. The van der Waals surface area contributed by atoms with Crippen molar-refractivity contribution in [3.63, 3.8) is 0 Å². The molecule has 2 amide bonds. The first-order valence-electron chi connectivity index (χ1n) is 20.9. The van der Waals surface area contributed by atoms with Gasteiger partial charge in [-0.2, -0.15) is 9.97 Å². The molecule has 66 heavy (non-hydrogen) atoms. The van der Waals surface area contributed by atoms with E-state index in [1.165, 1.54) is 33.2 Å². The predicted molar refractivity (Wildman–Crippen MR) is 252 cm³/mol. The number of amides is 2. The lowest BCUT2D eigenvalue weighted by Crippen LogP contribution is -2.39. The van der Waals surface area contributed by atoms with E-state index >= 15 is 0 Å². The maximum absolute atomic E-state index is 13.4. The molecule has 0 spiro atoms. The van der Waals surface area contributed by atoms with Gasteiger partial charge in [-0.1, -0.05) is 73.5 Å². The summed E-state index contributed by atoms with van der Waals surface area (Å²) in [5.74, 6) is -0.252. The number of ether oxygens (including phenoxy) is 2. The number of carbonyl (C=O) groups excluding carboxylic acids is 2. The van der Waals surface area contributed by atoms with Gasteiger partial charge in [0.05, 0.1) is 26.3 Å². The average molecular weight is 951 g/mol. The monoisotopic (exact) mass is 950 g/mol. The van der Waals surface area contributed by atoms with E-state index in [1.807, 2.05) is 62.4 Å². The highest BCUT2D eigenvalue weighted by molar-refractivity contribution is 7.92. The van der Waals surface area contributed by atoms with Gasteiger partial charge in [0.1, 0.15) is 30.5 Å². The molecule has 0 aliphatic rings. The second-order valence-corrected chi connectivity index (χ2v) is 19.9. The Hall–Kier alpha value is -6.50. The fourth-order valence-corrected chi connectivity index (χ4v) is 9.21. The largest absolute Gasteiger partial charge is 0.383 e. The summed E-state index contributed by atoms with van der Waals surface area (Å²) < 4.78 is 56.6. The van der Waals surface area contributed by atoms with Gasteiger partial charge < -0.3 is 30.7 Å². The number of methoxy groups -OCH3 is 2. The van der Waals surface area contributed by atoms with E-state index in [-0.39, 0.29) is 95.2 Å². The molecule has 0 fully saturated rings. The maximum Gasteiger partial charge on any atom is 0.339 e. The van der Waals surface area contributed by atoms with Crippen molar-refractivity contribution in [1.29, 1.82) is 9.56 Å². The van der Waals surface area contributed by atoms with Crippen molar-refractivity contribution in [1.82, 2.24) is 48.0 Å². The lowest BCUT2D eigenvalue weighted by atomic mass is 10.1. The van der Waals surface area contributed by atoms with Gasteiger partial charge in [-0.15, -0.1) is 0 Å². The van der Waals surface area contributed by atoms with Crippen molar-refractivity contribution < 1.29 is 27.5 Å². The Morgan fingerprint density at radius 3 is 1.27 bits per heavy atom. The van der Waals surface area contributed by atoms with Crippen LogP contribution >= 0.6 is 0 Å². The number of nitrogen functional groups attached to an aromatic ring is 2. The first-order chi connectivity index (χ1) is 31.2. The van der Waals surface area contributed by atoms with Crippen LogP contribution in [0.15, 0.2) is 68.4 Å². The van der Waals surface area contributed by atoms with Crippen LogP contribution in [0.1, 0.15) is 48.9 Å². The molecule has 6 rings (SSSR count). The zero-order valence-corrected chi connectivity index (χ0v) is 40.0.